The van der Waals surface area contributed by atoms with Gasteiger partial charge in [0.1, 0.15) is 0 Å². The number of nitrogens with zero attached hydrogens (tertiary/aromatic N) is 2. The summed E-state index contributed by atoms with van der Waals surface area (Å²) in [6, 6.07) is 3.85. The SMILES string of the molecule is CN(C)C(=O)[C@@H]1CCC(=O)N(C)[C@@H]1c1cccs1. The third-order valence-electron chi connectivity index (χ3n) is 3.45. The van der Waals surface area contributed by atoms with Gasteiger partial charge in [0.15, 0.2) is 0 Å². The lowest BCUT2D eigenvalue weighted by molar-refractivity contribution is -0.145. The number of hydrogen-bond acceptors (Lipinski definition) is 3. The number of carbonyl (C=O) groups excluding carboxylic acids is 2. The average molecular weight is 266 g/mol. The standard InChI is InChI=1S/C13H18N2O2S/c1-14(2)13(17)9-6-7-11(16)15(3)12(9)10-5-4-8-18-10/h4-5,8-9,12H,6-7H2,1-3H3/t9-,12+/m1/s1. The maximum absolute atomic E-state index is 12.2. The summed E-state index contributed by atoms with van der Waals surface area (Å²) in [5.41, 5.74) is 0. The molecule has 2 heterocycles. The number of amides is 2. The van der Waals surface area contributed by atoms with Crippen LogP contribution < -0.4 is 0 Å². The Labute approximate surface area is 111 Å². The Bertz CT molecular complexity index is 442. The minimum Gasteiger partial charge on any atom is -0.349 e. The summed E-state index contributed by atoms with van der Waals surface area (Å²) in [6.07, 6.45) is 1.10. The summed E-state index contributed by atoms with van der Waals surface area (Å²) in [6.45, 7) is 0. The lowest BCUT2D eigenvalue weighted by atomic mass is 9.87. The van der Waals surface area contributed by atoms with Crippen LogP contribution in [0, 0.1) is 5.92 Å². The molecule has 0 spiro atoms. The van der Waals surface area contributed by atoms with E-state index in [4.69, 9.17) is 0 Å². The molecular formula is C13H18N2O2S. The zero-order chi connectivity index (χ0) is 13.3. The highest BCUT2D eigenvalue weighted by molar-refractivity contribution is 7.10. The Morgan fingerprint density at radius 3 is 2.78 bits per heavy atom. The first kappa shape index (κ1) is 13.1. The van der Waals surface area contributed by atoms with E-state index < -0.39 is 0 Å². The fourth-order valence-electron chi connectivity index (χ4n) is 2.48. The molecule has 0 radical (unpaired) electrons. The fourth-order valence-corrected chi connectivity index (χ4v) is 3.41. The van der Waals surface area contributed by atoms with Crippen LogP contribution >= 0.6 is 11.3 Å². The molecule has 1 saturated heterocycles. The molecular weight excluding hydrogens is 248 g/mol. The quantitative estimate of drug-likeness (QED) is 0.818. The van der Waals surface area contributed by atoms with Gasteiger partial charge in [0.25, 0.3) is 0 Å². The molecule has 0 saturated carbocycles. The van der Waals surface area contributed by atoms with E-state index in [9.17, 15) is 9.59 Å². The van der Waals surface area contributed by atoms with Crippen molar-refractivity contribution in [2.75, 3.05) is 21.1 Å². The van der Waals surface area contributed by atoms with Crippen molar-refractivity contribution >= 4 is 23.2 Å². The third kappa shape index (κ3) is 2.27. The Balaban J connectivity index is 2.33. The van der Waals surface area contributed by atoms with Crippen LogP contribution in [0.25, 0.3) is 0 Å². The number of hydrogen-bond donors (Lipinski definition) is 0. The molecule has 0 aromatic carbocycles. The van der Waals surface area contributed by atoms with Crippen molar-refractivity contribution in [2.45, 2.75) is 18.9 Å². The van der Waals surface area contributed by atoms with Gasteiger partial charge in [-0.3, -0.25) is 9.59 Å². The van der Waals surface area contributed by atoms with Crippen molar-refractivity contribution in [1.29, 1.82) is 0 Å². The zero-order valence-electron chi connectivity index (χ0n) is 10.9. The van der Waals surface area contributed by atoms with Gasteiger partial charge in [-0.25, -0.2) is 0 Å². The van der Waals surface area contributed by atoms with Crippen LogP contribution in [0.3, 0.4) is 0 Å². The first-order valence-corrected chi connectivity index (χ1v) is 6.90. The van der Waals surface area contributed by atoms with E-state index in [1.54, 1.807) is 42.3 Å². The lowest BCUT2D eigenvalue weighted by Crippen LogP contribution is -2.45. The second-order valence-corrected chi connectivity index (χ2v) is 5.82. The van der Waals surface area contributed by atoms with Gasteiger partial charge in [0.05, 0.1) is 12.0 Å². The van der Waals surface area contributed by atoms with Crippen molar-refractivity contribution in [1.82, 2.24) is 9.80 Å². The molecule has 98 valence electrons. The van der Waals surface area contributed by atoms with Crippen LogP contribution in [0.2, 0.25) is 0 Å². The van der Waals surface area contributed by atoms with Gasteiger partial charge in [0.2, 0.25) is 11.8 Å². The van der Waals surface area contributed by atoms with Crippen molar-refractivity contribution in [3.05, 3.63) is 22.4 Å². The molecule has 18 heavy (non-hydrogen) atoms. The molecule has 1 aromatic rings. The number of rotatable bonds is 2. The van der Waals surface area contributed by atoms with Crippen LogP contribution in [-0.4, -0.2) is 42.8 Å². The van der Waals surface area contributed by atoms with Crippen LogP contribution in [0.15, 0.2) is 17.5 Å². The fraction of sp³-hybridized carbons (Fsp3) is 0.538. The highest BCUT2D eigenvalue weighted by Gasteiger charge is 2.39. The molecule has 4 nitrogen and oxygen atoms in total. The Kier molecular flexibility index (Phi) is 3.71. The summed E-state index contributed by atoms with van der Waals surface area (Å²) < 4.78 is 0. The van der Waals surface area contributed by atoms with E-state index in [0.29, 0.717) is 12.8 Å². The summed E-state index contributed by atoms with van der Waals surface area (Å²) in [7, 11) is 5.33. The Morgan fingerprint density at radius 1 is 1.50 bits per heavy atom. The molecule has 0 unspecified atom stereocenters. The van der Waals surface area contributed by atoms with E-state index in [-0.39, 0.29) is 23.8 Å². The van der Waals surface area contributed by atoms with Crippen LogP contribution in [0.1, 0.15) is 23.8 Å². The second kappa shape index (κ2) is 5.10. The largest absolute Gasteiger partial charge is 0.349 e. The van der Waals surface area contributed by atoms with E-state index in [1.165, 1.54) is 0 Å². The number of carbonyl (C=O) groups is 2. The summed E-state index contributed by atoms with van der Waals surface area (Å²) in [5.74, 6) is 0.102. The molecule has 0 aliphatic carbocycles. The van der Waals surface area contributed by atoms with Gasteiger partial charge in [-0.15, -0.1) is 11.3 Å². The van der Waals surface area contributed by atoms with Crippen molar-refractivity contribution in [2.24, 2.45) is 5.92 Å². The highest BCUT2D eigenvalue weighted by atomic mass is 32.1. The Hall–Kier alpha value is -1.36. The topological polar surface area (TPSA) is 40.6 Å². The third-order valence-corrected chi connectivity index (χ3v) is 4.40. The van der Waals surface area contributed by atoms with E-state index >= 15 is 0 Å². The molecule has 2 atom stereocenters. The lowest BCUT2D eigenvalue weighted by Gasteiger charge is -2.38. The molecule has 0 N–H and O–H groups in total. The number of thiophene rings is 1. The van der Waals surface area contributed by atoms with E-state index in [1.807, 2.05) is 17.5 Å². The van der Waals surface area contributed by atoms with E-state index in [0.717, 1.165) is 4.88 Å². The maximum Gasteiger partial charge on any atom is 0.227 e. The van der Waals surface area contributed by atoms with Crippen LogP contribution in [-0.2, 0) is 9.59 Å². The van der Waals surface area contributed by atoms with Crippen molar-refractivity contribution in [3.63, 3.8) is 0 Å². The van der Waals surface area contributed by atoms with Crippen molar-refractivity contribution in [3.8, 4) is 0 Å². The molecule has 0 bridgehead atoms. The summed E-state index contributed by atoms with van der Waals surface area (Å²) in [4.78, 5) is 28.5. The van der Waals surface area contributed by atoms with Crippen LogP contribution in [0.4, 0.5) is 0 Å². The molecule has 1 aromatic heterocycles. The van der Waals surface area contributed by atoms with Gasteiger partial charge in [-0.05, 0) is 17.9 Å². The zero-order valence-corrected chi connectivity index (χ0v) is 11.7. The predicted octanol–water partition coefficient (Wildman–Crippen LogP) is 1.75. The number of piperidine rings is 1. The average Bonchev–Trinajstić information content (AvgIpc) is 2.84. The predicted molar refractivity (Wildman–Crippen MR) is 71.2 cm³/mol. The van der Waals surface area contributed by atoms with Gasteiger partial charge < -0.3 is 9.80 Å². The summed E-state index contributed by atoms with van der Waals surface area (Å²) >= 11 is 1.60. The minimum absolute atomic E-state index is 0.104. The van der Waals surface area contributed by atoms with Gasteiger partial charge in [-0.2, -0.15) is 0 Å². The van der Waals surface area contributed by atoms with Gasteiger partial charge >= 0.3 is 0 Å². The first-order valence-electron chi connectivity index (χ1n) is 6.02. The van der Waals surface area contributed by atoms with Gasteiger partial charge in [0, 0.05) is 32.4 Å². The van der Waals surface area contributed by atoms with Gasteiger partial charge in [-0.1, -0.05) is 6.07 Å². The molecule has 2 rings (SSSR count). The minimum atomic E-state index is -0.124. The molecule has 1 aliphatic rings. The molecule has 1 aliphatic heterocycles. The van der Waals surface area contributed by atoms with E-state index in [2.05, 4.69) is 0 Å². The molecule has 5 heteroatoms. The second-order valence-electron chi connectivity index (χ2n) is 4.84. The van der Waals surface area contributed by atoms with Crippen LogP contribution in [0.5, 0.6) is 0 Å². The monoisotopic (exact) mass is 266 g/mol. The smallest absolute Gasteiger partial charge is 0.227 e. The highest BCUT2D eigenvalue weighted by Crippen LogP contribution is 2.38. The van der Waals surface area contributed by atoms with Crippen molar-refractivity contribution < 1.29 is 9.59 Å². The summed E-state index contributed by atoms with van der Waals surface area (Å²) in [5, 5.41) is 1.99. The number of likely N-dealkylation sites (tertiary alicyclic amines) is 1. The molecule has 2 amide bonds. The maximum atomic E-state index is 12.2. The molecule has 1 fully saturated rings. The first-order chi connectivity index (χ1) is 8.52. The normalized spacial score (nSPS) is 24.2. The Morgan fingerprint density at radius 2 is 2.22 bits per heavy atom.